The van der Waals surface area contributed by atoms with Gasteiger partial charge in [-0.25, -0.2) is 4.98 Å². The van der Waals surface area contributed by atoms with E-state index >= 15 is 0 Å². The number of rotatable bonds is 2. The molecular weight excluding hydrogens is 272 g/mol. The Kier molecular flexibility index (Phi) is 3.63. The molecule has 1 aromatic rings. The summed E-state index contributed by atoms with van der Waals surface area (Å²) in [7, 11) is 0. The van der Waals surface area contributed by atoms with Gasteiger partial charge in [-0.3, -0.25) is 4.79 Å². The number of carbonyl (C=O) groups excluding carboxylic acids is 1. The van der Waals surface area contributed by atoms with Gasteiger partial charge in [0.15, 0.2) is 6.39 Å². The molecule has 2 rings (SSSR count). The largest absolute Gasteiger partial charge is 0.438 e. The Morgan fingerprint density at radius 3 is 2.75 bits per heavy atom. The first-order valence-electron chi connectivity index (χ1n) is 5.52. The van der Waals surface area contributed by atoms with Crippen molar-refractivity contribution >= 4 is 21.8 Å². The van der Waals surface area contributed by atoms with Gasteiger partial charge in [0.25, 0.3) is 5.91 Å². The quantitative estimate of drug-likeness (QED) is 0.850. The molecule has 0 aromatic carbocycles. The van der Waals surface area contributed by atoms with Crippen LogP contribution in [-0.2, 0) is 0 Å². The van der Waals surface area contributed by atoms with Gasteiger partial charge in [0, 0.05) is 10.9 Å². The van der Waals surface area contributed by atoms with Crippen LogP contribution in [0.5, 0.6) is 0 Å². The normalized spacial score (nSPS) is 25.4. The predicted octanol–water partition coefficient (Wildman–Crippen LogP) is 2.42. The summed E-state index contributed by atoms with van der Waals surface area (Å²) in [6, 6.07) is 0.269. The molecular formula is C11H15BrN2O2. The summed E-state index contributed by atoms with van der Waals surface area (Å²) in [6.07, 6.45) is 5.57. The summed E-state index contributed by atoms with van der Waals surface area (Å²) in [5.74, 6) is 0.189. The van der Waals surface area contributed by atoms with Crippen LogP contribution in [0.2, 0.25) is 0 Å². The van der Waals surface area contributed by atoms with Gasteiger partial charge in [-0.05, 0) is 32.6 Å². The maximum absolute atomic E-state index is 11.8. The number of nitrogens with one attached hydrogen (secondary N) is 1. The zero-order valence-corrected chi connectivity index (χ0v) is 10.8. The van der Waals surface area contributed by atoms with Gasteiger partial charge in [-0.1, -0.05) is 15.9 Å². The molecule has 1 aromatic heterocycles. The molecule has 0 radical (unpaired) electrons. The lowest BCUT2D eigenvalue weighted by atomic mass is 9.95. The van der Waals surface area contributed by atoms with E-state index in [0.717, 1.165) is 25.7 Å². The molecule has 4 nitrogen and oxygen atoms in total. The molecule has 0 bridgehead atoms. The maximum Gasteiger partial charge on any atom is 0.289 e. The Morgan fingerprint density at radius 2 is 2.19 bits per heavy atom. The fourth-order valence-corrected chi connectivity index (χ4v) is 2.50. The van der Waals surface area contributed by atoms with Crippen LogP contribution in [0, 0.1) is 6.92 Å². The minimum absolute atomic E-state index is 0.145. The highest BCUT2D eigenvalue weighted by Crippen LogP contribution is 2.24. The third-order valence-electron chi connectivity index (χ3n) is 2.94. The summed E-state index contributed by atoms with van der Waals surface area (Å²) in [5, 5.41) is 2.99. The number of oxazole rings is 1. The Labute approximate surface area is 103 Å². The average Bonchev–Trinajstić information content (AvgIpc) is 2.68. The Bertz CT molecular complexity index is 370. The molecule has 1 amide bonds. The van der Waals surface area contributed by atoms with Gasteiger partial charge in [-0.2, -0.15) is 0 Å². The lowest BCUT2D eigenvalue weighted by molar-refractivity contribution is 0.0899. The van der Waals surface area contributed by atoms with E-state index in [-0.39, 0.29) is 11.9 Å². The minimum Gasteiger partial charge on any atom is -0.438 e. The number of alkyl halides is 1. The summed E-state index contributed by atoms with van der Waals surface area (Å²) >= 11 is 3.59. The zero-order valence-electron chi connectivity index (χ0n) is 9.20. The van der Waals surface area contributed by atoms with Crippen LogP contribution in [-0.4, -0.2) is 21.8 Å². The van der Waals surface area contributed by atoms with Crippen molar-refractivity contribution in [1.29, 1.82) is 0 Å². The van der Waals surface area contributed by atoms with Crippen LogP contribution >= 0.6 is 15.9 Å². The SMILES string of the molecule is Cc1ncoc1C(=O)NC1CCC(Br)CC1. The van der Waals surface area contributed by atoms with Crippen molar-refractivity contribution < 1.29 is 9.21 Å². The molecule has 0 atom stereocenters. The standard InChI is InChI=1S/C11H15BrN2O2/c1-7-10(16-6-13-7)11(15)14-9-4-2-8(12)3-5-9/h6,8-9H,2-5H2,1H3,(H,14,15). The first-order chi connectivity index (χ1) is 7.66. The highest BCUT2D eigenvalue weighted by atomic mass is 79.9. The molecule has 88 valence electrons. The van der Waals surface area contributed by atoms with E-state index in [1.165, 1.54) is 6.39 Å². The van der Waals surface area contributed by atoms with Gasteiger partial charge >= 0.3 is 0 Å². The zero-order chi connectivity index (χ0) is 11.5. The van der Waals surface area contributed by atoms with E-state index in [2.05, 4.69) is 26.2 Å². The molecule has 1 saturated carbocycles. The van der Waals surface area contributed by atoms with Gasteiger partial charge in [0.1, 0.15) is 0 Å². The number of aromatic nitrogens is 1. The van der Waals surface area contributed by atoms with Gasteiger partial charge in [-0.15, -0.1) is 0 Å². The third kappa shape index (κ3) is 2.64. The number of amides is 1. The van der Waals surface area contributed by atoms with Crippen LogP contribution < -0.4 is 5.32 Å². The molecule has 0 unspecified atom stereocenters. The predicted molar refractivity (Wildman–Crippen MR) is 63.7 cm³/mol. The van der Waals surface area contributed by atoms with Crippen molar-refractivity contribution in [3.05, 3.63) is 17.8 Å². The van der Waals surface area contributed by atoms with Gasteiger partial charge in [0.05, 0.1) is 5.69 Å². The van der Waals surface area contributed by atoms with Crippen molar-refractivity contribution in [2.75, 3.05) is 0 Å². The summed E-state index contributed by atoms with van der Waals surface area (Å²) in [4.78, 5) is 16.3. The highest BCUT2D eigenvalue weighted by Gasteiger charge is 2.23. The summed E-state index contributed by atoms with van der Waals surface area (Å²) < 4.78 is 5.06. The molecule has 1 heterocycles. The molecule has 1 aliphatic rings. The number of nitrogens with zero attached hydrogens (tertiary/aromatic N) is 1. The molecule has 1 fully saturated rings. The molecule has 5 heteroatoms. The number of hydrogen-bond donors (Lipinski definition) is 1. The Hall–Kier alpha value is -0.840. The summed E-state index contributed by atoms with van der Waals surface area (Å²) in [6.45, 7) is 1.77. The number of hydrogen-bond acceptors (Lipinski definition) is 3. The second kappa shape index (κ2) is 4.99. The van der Waals surface area contributed by atoms with E-state index in [1.807, 2.05) is 0 Å². The lowest BCUT2D eigenvalue weighted by Gasteiger charge is -2.25. The second-order valence-electron chi connectivity index (χ2n) is 4.19. The minimum atomic E-state index is -0.145. The smallest absolute Gasteiger partial charge is 0.289 e. The first kappa shape index (κ1) is 11.6. The Morgan fingerprint density at radius 1 is 1.50 bits per heavy atom. The number of aryl methyl sites for hydroxylation is 1. The maximum atomic E-state index is 11.8. The van der Waals surface area contributed by atoms with Crippen LogP contribution in [0.25, 0.3) is 0 Å². The average molecular weight is 287 g/mol. The van der Waals surface area contributed by atoms with Crippen LogP contribution in [0.1, 0.15) is 41.9 Å². The lowest BCUT2D eigenvalue weighted by Crippen LogP contribution is -2.37. The van der Waals surface area contributed by atoms with Crippen molar-refractivity contribution in [3.63, 3.8) is 0 Å². The van der Waals surface area contributed by atoms with Crippen LogP contribution in [0.4, 0.5) is 0 Å². The highest BCUT2D eigenvalue weighted by molar-refractivity contribution is 9.09. The number of carbonyl (C=O) groups is 1. The van der Waals surface area contributed by atoms with Crippen molar-refractivity contribution in [2.45, 2.75) is 43.5 Å². The van der Waals surface area contributed by atoms with E-state index in [4.69, 9.17) is 4.42 Å². The topological polar surface area (TPSA) is 55.1 Å². The van der Waals surface area contributed by atoms with Gasteiger partial charge < -0.3 is 9.73 Å². The first-order valence-corrected chi connectivity index (χ1v) is 6.43. The van der Waals surface area contributed by atoms with Gasteiger partial charge in [0.2, 0.25) is 5.76 Å². The summed E-state index contributed by atoms with van der Waals surface area (Å²) in [5.41, 5.74) is 0.645. The fourth-order valence-electron chi connectivity index (χ4n) is 1.97. The van der Waals surface area contributed by atoms with E-state index in [0.29, 0.717) is 16.3 Å². The Balaban J connectivity index is 1.91. The van der Waals surface area contributed by atoms with E-state index in [9.17, 15) is 4.79 Å². The molecule has 0 spiro atoms. The third-order valence-corrected chi connectivity index (χ3v) is 3.86. The molecule has 0 aliphatic heterocycles. The van der Waals surface area contributed by atoms with E-state index < -0.39 is 0 Å². The molecule has 16 heavy (non-hydrogen) atoms. The fraction of sp³-hybridized carbons (Fsp3) is 0.636. The van der Waals surface area contributed by atoms with Crippen LogP contribution in [0.3, 0.4) is 0 Å². The van der Waals surface area contributed by atoms with Crippen molar-refractivity contribution in [3.8, 4) is 0 Å². The van der Waals surface area contributed by atoms with E-state index in [1.54, 1.807) is 6.92 Å². The monoisotopic (exact) mass is 286 g/mol. The van der Waals surface area contributed by atoms with Crippen LogP contribution in [0.15, 0.2) is 10.8 Å². The second-order valence-corrected chi connectivity index (χ2v) is 5.48. The van der Waals surface area contributed by atoms with Crippen molar-refractivity contribution in [2.24, 2.45) is 0 Å². The number of halogens is 1. The molecule has 1 aliphatic carbocycles. The molecule has 1 N–H and O–H groups in total. The molecule has 0 saturated heterocycles. The van der Waals surface area contributed by atoms with Crippen molar-refractivity contribution in [1.82, 2.24) is 10.3 Å².